The summed E-state index contributed by atoms with van der Waals surface area (Å²) in [4.78, 5) is 35.1. The van der Waals surface area contributed by atoms with E-state index in [9.17, 15) is 19.5 Å². The molecule has 3 N–H and O–H groups in total. The van der Waals surface area contributed by atoms with Gasteiger partial charge in [-0.1, -0.05) is 12.8 Å². The molecule has 1 aromatic rings. The van der Waals surface area contributed by atoms with Gasteiger partial charge in [-0.25, -0.2) is 4.79 Å². The lowest BCUT2D eigenvalue weighted by molar-refractivity contribution is -0.136. The quantitative estimate of drug-likeness (QED) is 0.442. The number of carbonyl (C=O) groups excluding carboxylic acids is 3. The van der Waals surface area contributed by atoms with Crippen LogP contribution in [0.15, 0.2) is 18.2 Å². The summed E-state index contributed by atoms with van der Waals surface area (Å²) in [6.07, 6.45) is 3.86. The summed E-state index contributed by atoms with van der Waals surface area (Å²) in [5, 5.41) is 14.6. The Morgan fingerprint density at radius 2 is 1.86 bits per heavy atom. The van der Waals surface area contributed by atoms with Crippen molar-refractivity contribution in [2.24, 2.45) is 0 Å². The fourth-order valence-electron chi connectivity index (χ4n) is 2.40. The van der Waals surface area contributed by atoms with Crippen LogP contribution in [0.4, 0.5) is 5.69 Å². The lowest BCUT2D eigenvalue weighted by Gasteiger charge is -2.12. The highest BCUT2D eigenvalue weighted by atomic mass is 16.5. The van der Waals surface area contributed by atoms with Crippen LogP contribution in [0, 0.1) is 0 Å². The van der Waals surface area contributed by atoms with Gasteiger partial charge in [0.2, 0.25) is 0 Å². The number of benzene rings is 1. The summed E-state index contributed by atoms with van der Waals surface area (Å²) in [6.45, 7) is 0. The molecule has 0 radical (unpaired) electrons. The van der Waals surface area contributed by atoms with E-state index < -0.39 is 17.8 Å². The molecule has 2 rings (SSSR count). The Labute approximate surface area is 127 Å². The second-order valence-corrected chi connectivity index (χ2v) is 5.13. The van der Waals surface area contributed by atoms with Gasteiger partial charge in [0, 0.05) is 11.7 Å². The summed E-state index contributed by atoms with van der Waals surface area (Å²) in [5.41, 5.74) is 0.140. The molecule has 0 aromatic heterocycles. The number of hydrogen-bond acceptors (Lipinski definition) is 5. The van der Waals surface area contributed by atoms with Crippen molar-refractivity contribution in [1.82, 2.24) is 5.32 Å². The SMILES string of the molecule is COC(=O)c1cc(NC(=O)C(=O)NC2CCCC2)ccc1O. The molecular weight excluding hydrogens is 288 g/mol. The second kappa shape index (κ2) is 6.93. The number of ether oxygens (including phenoxy) is 1. The smallest absolute Gasteiger partial charge is 0.341 e. The first-order valence-corrected chi connectivity index (χ1v) is 7.04. The Morgan fingerprint density at radius 3 is 2.50 bits per heavy atom. The van der Waals surface area contributed by atoms with Crippen molar-refractivity contribution in [1.29, 1.82) is 0 Å². The number of amides is 2. The van der Waals surface area contributed by atoms with E-state index in [0.717, 1.165) is 25.7 Å². The highest BCUT2D eigenvalue weighted by Gasteiger charge is 2.22. The van der Waals surface area contributed by atoms with Crippen LogP contribution in [0.2, 0.25) is 0 Å². The van der Waals surface area contributed by atoms with E-state index in [1.807, 2.05) is 0 Å². The minimum atomic E-state index is -0.812. The maximum Gasteiger partial charge on any atom is 0.341 e. The number of carbonyl (C=O) groups is 3. The third kappa shape index (κ3) is 3.75. The van der Waals surface area contributed by atoms with Crippen LogP contribution in [0.5, 0.6) is 5.75 Å². The predicted molar refractivity (Wildman–Crippen MR) is 78.5 cm³/mol. The molecule has 0 atom stereocenters. The fourth-order valence-corrected chi connectivity index (χ4v) is 2.40. The highest BCUT2D eigenvalue weighted by Crippen LogP contribution is 2.22. The molecule has 1 fully saturated rings. The number of aromatic hydroxyl groups is 1. The Morgan fingerprint density at radius 1 is 1.18 bits per heavy atom. The van der Waals surface area contributed by atoms with Crippen molar-refractivity contribution >= 4 is 23.5 Å². The lowest BCUT2D eigenvalue weighted by atomic mass is 10.1. The van der Waals surface area contributed by atoms with Gasteiger partial charge >= 0.3 is 17.8 Å². The first kappa shape index (κ1) is 15.8. The Bertz CT molecular complexity index is 594. The molecular formula is C15H18N2O5. The van der Waals surface area contributed by atoms with Gasteiger partial charge in [-0.3, -0.25) is 9.59 Å². The zero-order chi connectivity index (χ0) is 16.1. The molecule has 22 heavy (non-hydrogen) atoms. The normalized spacial score (nSPS) is 14.4. The van der Waals surface area contributed by atoms with Gasteiger partial charge < -0.3 is 20.5 Å². The van der Waals surface area contributed by atoms with Crippen molar-refractivity contribution in [2.75, 3.05) is 12.4 Å². The van der Waals surface area contributed by atoms with E-state index in [2.05, 4.69) is 15.4 Å². The number of rotatable bonds is 3. The van der Waals surface area contributed by atoms with E-state index in [0.29, 0.717) is 0 Å². The number of methoxy groups -OCH3 is 1. The molecule has 1 aliphatic rings. The Balaban J connectivity index is 2.01. The summed E-state index contributed by atoms with van der Waals surface area (Å²) in [6, 6.07) is 3.94. The van der Waals surface area contributed by atoms with Crippen molar-refractivity contribution in [3.63, 3.8) is 0 Å². The largest absolute Gasteiger partial charge is 0.507 e. The Hall–Kier alpha value is -2.57. The van der Waals surface area contributed by atoms with Gasteiger partial charge in [-0.05, 0) is 31.0 Å². The van der Waals surface area contributed by atoms with Gasteiger partial charge in [0.15, 0.2) is 0 Å². The van der Waals surface area contributed by atoms with Crippen LogP contribution in [0.1, 0.15) is 36.0 Å². The maximum absolute atomic E-state index is 11.8. The van der Waals surface area contributed by atoms with Crippen LogP contribution in [-0.2, 0) is 14.3 Å². The zero-order valence-electron chi connectivity index (χ0n) is 12.2. The number of esters is 1. The number of phenols is 1. The molecule has 1 aliphatic carbocycles. The van der Waals surface area contributed by atoms with Crippen molar-refractivity contribution in [3.8, 4) is 5.75 Å². The van der Waals surface area contributed by atoms with E-state index in [-0.39, 0.29) is 23.0 Å². The van der Waals surface area contributed by atoms with Crippen molar-refractivity contribution in [3.05, 3.63) is 23.8 Å². The van der Waals surface area contributed by atoms with Gasteiger partial charge in [0.25, 0.3) is 0 Å². The van der Waals surface area contributed by atoms with Gasteiger partial charge in [-0.15, -0.1) is 0 Å². The van der Waals surface area contributed by atoms with Crippen LogP contribution in [0.3, 0.4) is 0 Å². The first-order chi connectivity index (χ1) is 10.5. The molecule has 7 nitrogen and oxygen atoms in total. The third-order valence-corrected chi connectivity index (χ3v) is 3.56. The summed E-state index contributed by atoms with van der Waals surface area (Å²) in [5.74, 6) is -2.52. The van der Waals surface area contributed by atoms with E-state index in [4.69, 9.17) is 0 Å². The average Bonchev–Trinajstić information content (AvgIpc) is 3.01. The lowest BCUT2D eigenvalue weighted by Crippen LogP contribution is -2.40. The van der Waals surface area contributed by atoms with Crippen LogP contribution in [0.25, 0.3) is 0 Å². The zero-order valence-corrected chi connectivity index (χ0v) is 12.2. The standard InChI is InChI=1S/C15H18N2O5/c1-22-15(21)11-8-10(6-7-12(11)18)17-14(20)13(19)16-9-4-2-3-5-9/h6-9,18H,2-5H2,1H3,(H,16,19)(H,17,20). The molecule has 118 valence electrons. The molecule has 7 heteroatoms. The highest BCUT2D eigenvalue weighted by molar-refractivity contribution is 6.39. The van der Waals surface area contributed by atoms with E-state index >= 15 is 0 Å². The summed E-state index contributed by atoms with van der Waals surface area (Å²) >= 11 is 0. The van der Waals surface area contributed by atoms with Gasteiger partial charge in [-0.2, -0.15) is 0 Å². The van der Waals surface area contributed by atoms with Gasteiger partial charge in [0.05, 0.1) is 7.11 Å². The maximum atomic E-state index is 11.8. The van der Waals surface area contributed by atoms with Crippen LogP contribution < -0.4 is 10.6 Å². The molecule has 0 saturated heterocycles. The minimum Gasteiger partial charge on any atom is -0.507 e. The van der Waals surface area contributed by atoms with Gasteiger partial charge in [0.1, 0.15) is 11.3 Å². The first-order valence-electron chi connectivity index (χ1n) is 7.04. The molecule has 0 unspecified atom stereocenters. The molecule has 1 aromatic carbocycles. The molecule has 2 amide bonds. The summed E-state index contributed by atoms with van der Waals surface area (Å²) in [7, 11) is 1.18. The third-order valence-electron chi connectivity index (χ3n) is 3.56. The van der Waals surface area contributed by atoms with Crippen LogP contribution in [-0.4, -0.2) is 36.0 Å². The number of hydrogen-bond donors (Lipinski definition) is 3. The molecule has 0 bridgehead atoms. The number of anilines is 1. The minimum absolute atomic E-state index is 0.0451. The van der Waals surface area contributed by atoms with E-state index in [1.54, 1.807) is 0 Å². The molecule has 0 spiro atoms. The number of phenolic OH excluding ortho intramolecular Hbond substituents is 1. The van der Waals surface area contributed by atoms with Crippen LogP contribution >= 0.6 is 0 Å². The fraction of sp³-hybridized carbons (Fsp3) is 0.400. The topological polar surface area (TPSA) is 105 Å². The predicted octanol–water partition coefficient (Wildman–Crippen LogP) is 1.18. The second-order valence-electron chi connectivity index (χ2n) is 5.13. The molecule has 1 saturated carbocycles. The van der Waals surface area contributed by atoms with E-state index in [1.165, 1.54) is 25.3 Å². The molecule has 0 heterocycles. The molecule has 0 aliphatic heterocycles. The number of nitrogens with one attached hydrogen (secondary N) is 2. The average molecular weight is 306 g/mol. The van der Waals surface area contributed by atoms with Crippen molar-refractivity contribution in [2.45, 2.75) is 31.7 Å². The van der Waals surface area contributed by atoms with Crippen molar-refractivity contribution < 1.29 is 24.2 Å². The Kier molecular flexibility index (Phi) is 4.98. The monoisotopic (exact) mass is 306 g/mol. The summed E-state index contributed by atoms with van der Waals surface area (Å²) < 4.78 is 4.52.